The fraction of sp³-hybridized carbons (Fsp3) is 0. The van der Waals surface area contributed by atoms with Gasteiger partial charge in [0.2, 0.25) is 0 Å². The van der Waals surface area contributed by atoms with Gasteiger partial charge in [0.1, 0.15) is 0 Å². The van der Waals surface area contributed by atoms with E-state index in [-0.39, 0.29) is 0 Å². The summed E-state index contributed by atoms with van der Waals surface area (Å²) in [5.41, 5.74) is 5.91. The van der Waals surface area contributed by atoms with E-state index in [1.807, 2.05) is 0 Å². The van der Waals surface area contributed by atoms with Crippen molar-refractivity contribution in [2.45, 2.75) is 0 Å². The highest BCUT2D eigenvalue weighted by molar-refractivity contribution is 6.16. The van der Waals surface area contributed by atoms with Gasteiger partial charge in [0.05, 0.1) is 17.1 Å². The van der Waals surface area contributed by atoms with E-state index in [0.29, 0.717) is 0 Å². The predicted octanol–water partition coefficient (Wildman–Crippen LogP) is 10.3. The summed E-state index contributed by atoms with van der Waals surface area (Å²) < 4.78 is 0. The summed E-state index contributed by atoms with van der Waals surface area (Å²) in [6, 6.07) is 54.5. The maximum atomic E-state index is 2.46. The van der Waals surface area contributed by atoms with Gasteiger partial charge < -0.3 is 4.90 Å². The number of fused-ring (bicyclic) bond motifs is 4. The third-order valence-corrected chi connectivity index (χ3v) is 7.22. The molecule has 1 nitrogen and oxygen atoms in total. The molecule has 7 aromatic rings. The maximum Gasteiger partial charge on any atom is 0.0546 e. The Balaban J connectivity index is 1.62. The molecule has 0 unspecified atom stereocenters. The molecular formula is C36H25N. The van der Waals surface area contributed by atoms with Gasteiger partial charge in [-0.05, 0) is 45.3 Å². The first-order valence-corrected chi connectivity index (χ1v) is 12.7. The largest absolute Gasteiger partial charge is 0.309 e. The van der Waals surface area contributed by atoms with Gasteiger partial charge in [0.25, 0.3) is 0 Å². The zero-order chi connectivity index (χ0) is 24.6. The molecule has 1 heteroatoms. The topological polar surface area (TPSA) is 3.24 Å². The number of anilines is 3. The Morgan fingerprint density at radius 3 is 1.73 bits per heavy atom. The second kappa shape index (κ2) is 8.96. The predicted molar refractivity (Wildman–Crippen MR) is 159 cm³/mol. The molecule has 0 aliphatic heterocycles. The number of rotatable bonds is 4. The van der Waals surface area contributed by atoms with Gasteiger partial charge in [-0.3, -0.25) is 0 Å². The van der Waals surface area contributed by atoms with Crippen LogP contribution in [0.5, 0.6) is 0 Å². The van der Waals surface area contributed by atoms with Gasteiger partial charge in [-0.15, -0.1) is 0 Å². The Labute approximate surface area is 216 Å². The van der Waals surface area contributed by atoms with E-state index >= 15 is 0 Å². The van der Waals surface area contributed by atoms with Crippen molar-refractivity contribution in [3.8, 4) is 11.1 Å². The van der Waals surface area contributed by atoms with Crippen molar-refractivity contribution >= 4 is 49.4 Å². The van der Waals surface area contributed by atoms with Crippen LogP contribution in [0.1, 0.15) is 0 Å². The van der Waals surface area contributed by atoms with Crippen molar-refractivity contribution in [2.24, 2.45) is 0 Å². The van der Waals surface area contributed by atoms with Gasteiger partial charge in [-0.2, -0.15) is 0 Å². The lowest BCUT2D eigenvalue weighted by Gasteiger charge is -2.30. The van der Waals surface area contributed by atoms with Crippen LogP contribution in [0, 0.1) is 0 Å². The number of hydrogen-bond acceptors (Lipinski definition) is 1. The molecule has 0 aliphatic carbocycles. The van der Waals surface area contributed by atoms with Crippen molar-refractivity contribution in [1.82, 2.24) is 0 Å². The van der Waals surface area contributed by atoms with Crippen LogP contribution >= 0.6 is 0 Å². The Kier molecular flexibility index (Phi) is 5.19. The Morgan fingerprint density at radius 2 is 0.892 bits per heavy atom. The molecule has 174 valence electrons. The highest BCUT2D eigenvalue weighted by Gasteiger charge is 2.21. The number of hydrogen-bond donors (Lipinski definition) is 0. The molecule has 0 saturated carbocycles. The molecule has 7 aromatic carbocycles. The van der Waals surface area contributed by atoms with Gasteiger partial charge in [-0.25, -0.2) is 0 Å². The van der Waals surface area contributed by atoms with Crippen molar-refractivity contribution in [2.75, 3.05) is 4.90 Å². The Hall–Kier alpha value is -4.88. The average molecular weight is 472 g/mol. The fourth-order valence-corrected chi connectivity index (χ4v) is 5.54. The molecule has 0 amide bonds. The smallest absolute Gasteiger partial charge is 0.0546 e. The fourth-order valence-electron chi connectivity index (χ4n) is 5.54. The van der Waals surface area contributed by atoms with Crippen LogP contribution in [0.25, 0.3) is 43.4 Å². The van der Waals surface area contributed by atoms with E-state index in [1.54, 1.807) is 0 Å². The standard InChI is InChI=1S/C36H25N/c1-2-13-26(14-3-1)30-20-10-11-23-34(30)37(35-24-12-17-27-15-4-7-19-31(27)35)36-25-28-16-5-6-18-29(28)32-21-8-9-22-33(32)36/h1-25H. The van der Waals surface area contributed by atoms with E-state index in [9.17, 15) is 0 Å². The van der Waals surface area contributed by atoms with E-state index in [0.717, 1.165) is 5.69 Å². The van der Waals surface area contributed by atoms with E-state index in [1.165, 1.54) is 54.8 Å². The molecule has 7 rings (SSSR count). The summed E-state index contributed by atoms with van der Waals surface area (Å²) in [6.07, 6.45) is 0. The molecule has 0 fully saturated rings. The molecule has 0 bridgehead atoms. The third-order valence-electron chi connectivity index (χ3n) is 7.22. The van der Waals surface area contributed by atoms with E-state index in [4.69, 9.17) is 0 Å². The normalized spacial score (nSPS) is 11.2. The first kappa shape index (κ1) is 21.4. The molecule has 0 aromatic heterocycles. The molecule has 0 saturated heterocycles. The Bertz CT molecular complexity index is 1880. The first-order chi connectivity index (χ1) is 18.4. The summed E-state index contributed by atoms with van der Waals surface area (Å²) in [4.78, 5) is 2.46. The van der Waals surface area contributed by atoms with Crippen LogP contribution in [-0.2, 0) is 0 Å². The van der Waals surface area contributed by atoms with Crippen LogP contribution in [-0.4, -0.2) is 0 Å². The number of benzene rings is 7. The van der Waals surface area contributed by atoms with Gasteiger partial charge in [-0.1, -0.05) is 133 Å². The number of para-hydroxylation sites is 1. The summed E-state index contributed by atoms with van der Waals surface area (Å²) >= 11 is 0. The van der Waals surface area contributed by atoms with Crippen LogP contribution in [0.4, 0.5) is 17.1 Å². The van der Waals surface area contributed by atoms with Crippen LogP contribution < -0.4 is 4.90 Å². The summed E-state index contributed by atoms with van der Waals surface area (Å²) in [7, 11) is 0. The molecule has 37 heavy (non-hydrogen) atoms. The highest BCUT2D eigenvalue weighted by Crippen LogP contribution is 2.46. The summed E-state index contributed by atoms with van der Waals surface area (Å²) in [5.74, 6) is 0. The van der Waals surface area contributed by atoms with Crippen LogP contribution in [0.2, 0.25) is 0 Å². The summed E-state index contributed by atoms with van der Waals surface area (Å²) in [5, 5.41) is 7.46. The lowest BCUT2D eigenvalue weighted by Crippen LogP contribution is -2.12. The first-order valence-electron chi connectivity index (χ1n) is 12.7. The maximum absolute atomic E-state index is 2.46. The average Bonchev–Trinajstić information content (AvgIpc) is 2.98. The third kappa shape index (κ3) is 3.64. The monoisotopic (exact) mass is 471 g/mol. The van der Waals surface area contributed by atoms with Crippen LogP contribution in [0.15, 0.2) is 152 Å². The molecule has 0 heterocycles. The second-order valence-electron chi connectivity index (χ2n) is 9.38. The molecule has 0 radical (unpaired) electrons. The second-order valence-corrected chi connectivity index (χ2v) is 9.38. The van der Waals surface area contributed by atoms with Gasteiger partial charge in [0.15, 0.2) is 0 Å². The highest BCUT2D eigenvalue weighted by atomic mass is 15.1. The molecule has 0 N–H and O–H groups in total. The van der Waals surface area contributed by atoms with E-state index < -0.39 is 0 Å². The SMILES string of the molecule is c1ccc(-c2ccccc2N(c2cccc3ccccc23)c2cc3ccccc3c3ccccc23)cc1. The zero-order valence-electron chi connectivity index (χ0n) is 20.4. The minimum Gasteiger partial charge on any atom is -0.309 e. The molecule has 0 atom stereocenters. The van der Waals surface area contributed by atoms with Gasteiger partial charge in [0, 0.05) is 16.3 Å². The zero-order valence-corrected chi connectivity index (χ0v) is 20.4. The van der Waals surface area contributed by atoms with Crippen molar-refractivity contribution in [3.63, 3.8) is 0 Å². The van der Waals surface area contributed by atoms with Crippen LogP contribution in [0.3, 0.4) is 0 Å². The minimum absolute atomic E-state index is 1.16. The van der Waals surface area contributed by atoms with Crippen molar-refractivity contribution in [3.05, 3.63) is 152 Å². The molecule has 0 spiro atoms. The van der Waals surface area contributed by atoms with Crippen molar-refractivity contribution < 1.29 is 0 Å². The lowest BCUT2D eigenvalue weighted by molar-refractivity contribution is 1.32. The summed E-state index contributed by atoms with van der Waals surface area (Å²) in [6.45, 7) is 0. The van der Waals surface area contributed by atoms with E-state index in [2.05, 4.69) is 157 Å². The Morgan fingerprint density at radius 1 is 0.324 bits per heavy atom. The number of nitrogens with zero attached hydrogens (tertiary/aromatic N) is 1. The quantitative estimate of drug-likeness (QED) is 0.231. The minimum atomic E-state index is 1.16. The molecule has 0 aliphatic rings. The van der Waals surface area contributed by atoms with Crippen molar-refractivity contribution in [1.29, 1.82) is 0 Å². The van der Waals surface area contributed by atoms with Gasteiger partial charge >= 0.3 is 0 Å². The lowest BCUT2D eigenvalue weighted by atomic mass is 9.96. The molecular weight excluding hydrogens is 446 g/mol.